The molecule has 0 aromatic heterocycles. The average molecular weight is 194 g/mol. The van der Waals surface area contributed by atoms with Crippen molar-refractivity contribution in [2.24, 2.45) is 0 Å². The van der Waals surface area contributed by atoms with Crippen LogP contribution in [0.3, 0.4) is 0 Å². The van der Waals surface area contributed by atoms with Crippen molar-refractivity contribution in [3.8, 4) is 0 Å². The van der Waals surface area contributed by atoms with E-state index in [1.165, 1.54) is 5.56 Å². The second-order valence-electron chi connectivity index (χ2n) is 3.22. The Morgan fingerprint density at radius 3 is 2.54 bits per heavy atom. The van der Waals surface area contributed by atoms with Crippen LogP contribution in [0.25, 0.3) is 0 Å². The van der Waals surface area contributed by atoms with Gasteiger partial charge in [-0.1, -0.05) is 35.9 Å². The first kappa shape index (κ1) is 8.79. The number of benzene rings is 1. The highest BCUT2D eigenvalue weighted by atomic mass is 35.5. The molecule has 0 saturated heterocycles. The van der Waals surface area contributed by atoms with Gasteiger partial charge in [0.1, 0.15) is 0 Å². The van der Waals surface area contributed by atoms with Gasteiger partial charge in [-0.25, -0.2) is 0 Å². The SMILES string of the molecule is Clc1ccc([C@H]2CC=CCN2)cc1. The van der Waals surface area contributed by atoms with Crippen LogP contribution in [0.4, 0.5) is 0 Å². The Hall–Kier alpha value is -0.790. The summed E-state index contributed by atoms with van der Waals surface area (Å²) in [6.45, 7) is 0.966. The number of halogens is 1. The maximum absolute atomic E-state index is 5.82. The molecule has 0 saturated carbocycles. The normalized spacial score (nSPS) is 21.8. The maximum Gasteiger partial charge on any atom is 0.0406 e. The third kappa shape index (κ3) is 2.11. The van der Waals surface area contributed by atoms with Crippen LogP contribution < -0.4 is 5.32 Å². The minimum absolute atomic E-state index is 0.460. The first-order valence-electron chi connectivity index (χ1n) is 4.50. The van der Waals surface area contributed by atoms with Gasteiger partial charge in [-0.15, -0.1) is 0 Å². The van der Waals surface area contributed by atoms with Gasteiger partial charge in [-0.3, -0.25) is 0 Å². The molecule has 2 rings (SSSR count). The van der Waals surface area contributed by atoms with E-state index in [9.17, 15) is 0 Å². The molecule has 1 atom stereocenters. The van der Waals surface area contributed by atoms with Gasteiger partial charge in [-0.05, 0) is 24.1 Å². The van der Waals surface area contributed by atoms with E-state index in [2.05, 4.69) is 29.6 Å². The van der Waals surface area contributed by atoms with Crippen molar-refractivity contribution in [1.82, 2.24) is 5.32 Å². The lowest BCUT2D eigenvalue weighted by atomic mass is 10.0. The van der Waals surface area contributed by atoms with Gasteiger partial charge in [0.2, 0.25) is 0 Å². The van der Waals surface area contributed by atoms with Crippen LogP contribution in [0.1, 0.15) is 18.0 Å². The first-order valence-corrected chi connectivity index (χ1v) is 4.88. The standard InChI is InChI=1S/C11H12ClN/c12-10-6-4-9(5-7-10)11-3-1-2-8-13-11/h1-2,4-7,11,13H,3,8H2/t11-/m1/s1. The monoisotopic (exact) mass is 193 g/mol. The lowest BCUT2D eigenvalue weighted by molar-refractivity contribution is 0.555. The minimum Gasteiger partial charge on any atom is -0.306 e. The molecule has 1 heterocycles. The van der Waals surface area contributed by atoms with Gasteiger partial charge in [0.25, 0.3) is 0 Å². The highest BCUT2D eigenvalue weighted by Gasteiger charge is 2.10. The van der Waals surface area contributed by atoms with Crippen molar-refractivity contribution < 1.29 is 0 Å². The topological polar surface area (TPSA) is 12.0 Å². The van der Waals surface area contributed by atoms with E-state index in [-0.39, 0.29) is 0 Å². The largest absolute Gasteiger partial charge is 0.306 e. The van der Waals surface area contributed by atoms with Gasteiger partial charge in [0.15, 0.2) is 0 Å². The van der Waals surface area contributed by atoms with Crippen molar-refractivity contribution >= 4 is 11.6 Å². The molecular weight excluding hydrogens is 182 g/mol. The predicted molar refractivity (Wildman–Crippen MR) is 56.0 cm³/mol. The highest BCUT2D eigenvalue weighted by molar-refractivity contribution is 6.30. The number of nitrogens with one attached hydrogen (secondary N) is 1. The zero-order chi connectivity index (χ0) is 9.10. The zero-order valence-electron chi connectivity index (χ0n) is 7.33. The predicted octanol–water partition coefficient (Wildman–Crippen LogP) is 2.93. The second kappa shape index (κ2) is 3.95. The molecule has 68 valence electrons. The molecule has 1 nitrogen and oxygen atoms in total. The molecule has 1 aliphatic rings. The Bertz CT molecular complexity index is 302. The summed E-state index contributed by atoms with van der Waals surface area (Å²) in [7, 11) is 0. The van der Waals surface area contributed by atoms with Crippen LogP contribution in [0.5, 0.6) is 0 Å². The van der Waals surface area contributed by atoms with Crippen molar-refractivity contribution in [3.63, 3.8) is 0 Å². The van der Waals surface area contributed by atoms with Gasteiger partial charge >= 0.3 is 0 Å². The Labute approximate surface area is 83.4 Å². The molecular formula is C11H12ClN. The van der Waals surface area contributed by atoms with E-state index in [4.69, 9.17) is 11.6 Å². The fraction of sp³-hybridized carbons (Fsp3) is 0.273. The molecule has 0 unspecified atom stereocenters. The summed E-state index contributed by atoms with van der Waals surface area (Å²) in [5.41, 5.74) is 1.31. The summed E-state index contributed by atoms with van der Waals surface area (Å²) in [6, 6.07) is 8.51. The fourth-order valence-electron chi connectivity index (χ4n) is 1.56. The molecule has 0 aliphatic carbocycles. The van der Waals surface area contributed by atoms with Crippen LogP contribution in [0.2, 0.25) is 5.02 Å². The van der Waals surface area contributed by atoms with E-state index in [0.29, 0.717) is 6.04 Å². The lowest BCUT2D eigenvalue weighted by Crippen LogP contribution is -2.23. The van der Waals surface area contributed by atoms with E-state index >= 15 is 0 Å². The summed E-state index contributed by atoms with van der Waals surface area (Å²) < 4.78 is 0. The summed E-state index contributed by atoms with van der Waals surface area (Å²) in [5, 5.41) is 4.23. The van der Waals surface area contributed by atoms with Crippen LogP contribution in [-0.4, -0.2) is 6.54 Å². The molecule has 1 aliphatic heterocycles. The van der Waals surface area contributed by atoms with Crippen molar-refractivity contribution in [2.45, 2.75) is 12.5 Å². The van der Waals surface area contributed by atoms with Crippen LogP contribution in [0.15, 0.2) is 36.4 Å². The van der Waals surface area contributed by atoms with E-state index < -0.39 is 0 Å². The van der Waals surface area contributed by atoms with Crippen molar-refractivity contribution in [1.29, 1.82) is 0 Å². The van der Waals surface area contributed by atoms with Crippen LogP contribution in [-0.2, 0) is 0 Å². The lowest BCUT2D eigenvalue weighted by Gasteiger charge is -2.19. The third-order valence-corrected chi connectivity index (χ3v) is 2.54. The molecule has 1 aromatic rings. The number of hydrogen-bond acceptors (Lipinski definition) is 1. The fourth-order valence-corrected chi connectivity index (χ4v) is 1.68. The smallest absolute Gasteiger partial charge is 0.0406 e. The second-order valence-corrected chi connectivity index (χ2v) is 3.66. The Morgan fingerprint density at radius 1 is 1.15 bits per heavy atom. The molecule has 0 radical (unpaired) electrons. The first-order chi connectivity index (χ1) is 6.36. The van der Waals surface area contributed by atoms with Gasteiger partial charge in [0.05, 0.1) is 0 Å². The Balaban J connectivity index is 2.15. The summed E-state index contributed by atoms with van der Waals surface area (Å²) in [4.78, 5) is 0. The maximum atomic E-state index is 5.82. The van der Waals surface area contributed by atoms with E-state index in [0.717, 1.165) is 18.0 Å². The quantitative estimate of drug-likeness (QED) is 0.677. The van der Waals surface area contributed by atoms with Crippen molar-refractivity contribution in [3.05, 3.63) is 47.0 Å². The Kier molecular flexibility index (Phi) is 2.67. The molecule has 13 heavy (non-hydrogen) atoms. The molecule has 2 heteroatoms. The summed E-state index contributed by atoms with van der Waals surface area (Å²) in [6.07, 6.45) is 5.45. The molecule has 0 bridgehead atoms. The molecule has 0 fully saturated rings. The molecule has 0 amide bonds. The highest BCUT2D eigenvalue weighted by Crippen LogP contribution is 2.21. The zero-order valence-corrected chi connectivity index (χ0v) is 8.09. The number of hydrogen-bond donors (Lipinski definition) is 1. The molecule has 1 aromatic carbocycles. The summed E-state index contributed by atoms with van der Waals surface area (Å²) in [5.74, 6) is 0. The summed E-state index contributed by atoms with van der Waals surface area (Å²) >= 11 is 5.82. The van der Waals surface area contributed by atoms with Gasteiger partial charge in [0, 0.05) is 17.6 Å². The van der Waals surface area contributed by atoms with Gasteiger partial charge < -0.3 is 5.32 Å². The van der Waals surface area contributed by atoms with Crippen LogP contribution >= 0.6 is 11.6 Å². The van der Waals surface area contributed by atoms with E-state index in [1.54, 1.807) is 0 Å². The van der Waals surface area contributed by atoms with E-state index in [1.807, 2.05) is 12.1 Å². The molecule has 1 N–H and O–H groups in total. The average Bonchev–Trinajstić information content (AvgIpc) is 2.20. The van der Waals surface area contributed by atoms with Gasteiger partial charge in [-0.2, -0.15) is 0 Å². The minimum atomic E-state index is 0.460. The Morgan fingerprint density at radius 2 is 1.92 bits per heavy atom. The number of rotatable bonds is 1. The van der Waals surface area contributed by atoms with Crippen LogP contribution in [0, 0.1) is 0 Å². The molecule has 0 spiro atoms. The third-order valence-electron chi connectivity index (χ3n) is 2.29. The van der Waals surface area contributed by atoms with Crippen molar-refractivity contribution in [2.75, 3.05) is 6.54 Å².